The first-order chi connectivity index (χ1) is 9.79. The Kier molecular flexibility index (Phi) is 8.28. The number of methoxy groups -OCH3 is 1. The Morgan fingerprint density at radius 2 is 2.30 bits per heavy atom. The minimum absolute atomic E-state index is 0.0188. The predicted molar refractivity (Wildman–Crippen MR) is 75.8 cm³/mol. The summed E-state index contributed by atoms with van der Waals surface area (Å²) in [5.41, 5.74) is 6.96. The van der Waals surface area contributed by atoms with Crippen molar-refractivity contribution >= 4 is 5.84 Å². The van der Waals surface area contributed by atoms with E-state index in [1.165, 1.54) is 0 Å². The van der Waals surface area contributed by atoms with Gasteiger partial charge in [0.15, 0.2) is 5.84 Å². The number of hydrogen-bond acceptors (Lipinski definition) is 6. The summed E-state index contributed by atoms with van der Waals surface area (Å²) in [6, 6.07) is 3.71. The molecule has 0 atom stereocenters. The van der Waals surface area contributed by atoms with E-state index in [4.69, 9.17) is 20.4 Å². The van der Waals surface area contributed by atoms with Crippen LogP contribution in [0.15, 0.2) is 23.5 Å². The summed E-state index contributed by atoms with van der Waals surface area (Å²) in [7, 11) is 1.65. The Bertz CT molecular complexity index is 412. The molecule has 0 saturated heterocycles. The molecular weight excluding hydrogens is 260 g/mol. The fourth-order valence-corrected chi connectivity index (χ4v) is 1.63. The van der Waals surface area contributed by atoms with Crippen LogP contribution in [-0.4, -0.2) is 49.5 Å². The van der Waals surface area contributed by atoms with Crippen LogP contribution in [-0.2, 0) is 16.0 Å². The SMILES string of the molecule is COCCOCCCNCc1cccnc1/C(N)=N/O. The molecule has 0 bridgehead atoms. The smallest absolute Gasteiger partial charge is 0.189 e. The third-order valence-electron chi connectivity index (χ3n) is 2.63. The molecule has 1 heterocycles. The van der Waals surface area contributed by atoms with Crippen LogP contribution >= 0.6 is 0 Å². The van der Waals surface area contributed by atoms with Gasteiger partial charge in [0.1, 0.15) is 5.69 Å². The molecule has 0 aromatic carbocycles. The van der Waals surface area contributed by atoms with E-state index in [0.717, 1.165) is 18.5 Å². The second-order valence-electron chi connectivity index (χ2n) is 4.13. The maximum Gasteiger partial charge on any atom is 0.189 e. The molecule has 0 radical (unpaired) electrons. The van der Waals surface area contributed by atoms with E-state index < -0.39 is 0 Å². The number of nitrogens with zero attached hydrogens (tertiary/aromatic N) is 2. The van der Waals surface area contributed by atoms with Crippen LogP contribution in [0.3, 0.4) is 0 Å². The summed E-state index contributed by atoms with van der Waals surface area (Å²) in [6.07, 6.45) is 2.52. The van der Waals surface area contributed by atoms with Crippen LogP contribution < -0.4 is 11.1 Å². The zero-order valence-electron chi connectivity index (χ0n) is 11.7. The predicted octanol–water partition coefficient (Wildman–Crippen LogP) is 0.319. The van der Waals surface area contributed by atoms with Gasteiger partial charge >= 0.3 is 0 Å². The number of aromatic nitrogens is 1. The molecule has 0 spiro atoms. The van der Waals surface area contributed by atoms with Gasteiger partial charge in [0, 0.05) is 26.5 Å². The second kappa shape index (κ2) is 10.1. The van der Waals surface area contributed by atoms with Crippen LogP contribution in [0.4, 0.5) is 0 Å². The molecule has 20 heavy (non-hydrogen) atoms. The molecule has 0 unspecified atom stereocenters. The number of nitrogens with one attached hydrogen (secondary N) is 1. The Morgan fingerprint density at radius 1 is 1.45 bits per heavy atom. The lowest BCUT2D eigenvalue weighted by molar-refractivity contribution is 0.0695. The van der Waals surface area contributed by atoms with Crippen molar-refractivity contribution in [1.29, 1.82) is 0 Å². The van der Waals surface area contributed by atoms with Crippen LogP contribution in [0.5, 0.6) is 0 Å². The number of ether oxygens (including phenoxy) is 2. The van der Waals surface area contributed by atoms with Gasteiger partial charge in [-0.1, -0.05) is 11.2 Å². The van der Waals surface area contributed by atoms with Crippen molar-refractivity contribution in [1.82, 2.24) is 10.3 Å². The fourth-order valence-electron chi connectivity index (χ4n) is 1.63. The lowest BCUT2D eigenvalue weighted by Crippen LogP contribution is -2.22. The first-order valence-electron chi connectivity index (χ1n) is 6.48. The number of nitrogens with two attached hydrogens (primary N) is 1. The average Bonchev–Trinajstić information content (AvgIpc) is 2.49. The molecule has 0 amide bonds. The molecule has 0 aliphatic heterocycles. The highest BCUT2D eigenvalue weighted by Gasteiger charge is 2.07. The normalized spacial score (nSPS) is 11.8. The molecule has 1 aromatic rings. The molecule has 4 N–H and O–H groups in total. The molecular formula is C13H22N4O3. The van der Waals surface area contributed by atoms with Gasteiger partial charge < -0.3 is 25.7 Å². The quantitative estimate of drug-likeness (QED) is 0.188. The average molecular weight is 282 g/mol. The van der Waals surface area contributed by atoms with E-state index in [2.05, 4.69) is 15.5 Å². The van der Waals surface area contributed by atoms with Gasteiger partial charge in [-0.15, -0.1) is 0 Å². The van der Waals surface area contributed by atoms with Gasteiger partial charge in [0.25, 0.3) is 0 Å². The van der Waals surface area contributed by atoms with E-state index >= 15 is 0 Å². The van der Waals surface area contributed by atoms with Gasteiger partial charge in [-0.3, -0.25) is 4.98 Å². The van der Waals surface area contributed by atoms with Gasteiger partial charge in [-0.05, 0) is 24.6 Å². The maximum atomic E-state index is 8.70. The van der Waals surface area contributed by atoms with Crippen molar-refractivity contribution in [2.45, 2.75) is 13.0 Å². The van der Waals surface area contributed by atoms with Crippen molar-refractivity contribution in [2.75, 3.05) is 33.5 Å². The van der Waals surface area contributed by atoms with Crippen LogP contribution in [0.25, 0.3) is 0 Å². The maximum absolute atomic E-state index is 8.70. The highest BCUT2D eigenvalue weighted by atomic mass is 16.5. The largest absolute Gasteiger partial charge is 0.409 e. The van der Waals surface area contributed by atoms with Crippen LogP contribution in [0, 0.1) is 0 Å². The second-order valence-corrected chi connectivity index (χ2v) is 4.13. The van der Waals surface area contributed by atoms with Crippen LogP contribution in [0.1, 0.15) is 17.7 Å². The van der Waals surface area contributed by atoms with Crippen LogP contribution in [0.2, 0.25) is 0 Å². The molecule has 0 aliphatic carbocycles. The standard InChI is InChI=1S/C13H22N4O3/c1-19-8-9-20-7-3-5-15-10-11-4-2-6-16-12(11)13(14)17-18/h2,4,6,15,18H,3,5,7-10H2,1H3,(H2,14,17). The molecule has 1 aromatic heterocycles. The Balaban J connectivity index is 2.25. The summed E-state index contributed by atoms with van der Waals surface area (Å²) in [6.45, 7) is 3.35. The van der Waals surface area contributed by atoms with E-state index in [9.17, 15) is 0 Å². The summed E-state index contributed by atoms with van der Waals surface area (Å²) in [5, 5.41) is 14.9. The minimum Gasteiger partial charge on any atom is -0.409 e. The zero-order valence-corrected chi connectivity index (χ0v) is 11.7. The van der Waals surface area contributed by atoms with Crippen molar-refractivity contribution < 1.29 is 14.7 Å². The van der Waals surface area contributed by atoms with Crippen molar-refractivity contribution in [3.63, 3.8) is 0 Å². The van der Waals surface area contributed by atoms with Crippen molar-refractivity contribution in [2.24, 2.45) is 10.9 Å². The zero-order chi connectivity index (χ0) is 14.6. The molecule has 7 nitrogen and oxygen atoms in total. The lowest BCUT2D eigenvalue weighted by Gasteiger charge is -2.09. The number of oxime groups is 1. The Labute approximate surface area is 118 Å². The number of rotatable bonds is 10. The molecule has 7 heteroatoms. The Morgan fingerprint density at radius 3 is 3.05 bits per heavy atom. The monoisotopic (exact) mass is 282 g/mol. The summed E-state index contributed by atoms with van der Waals surface area (Å²) >= 11 is 0. The molecule has 1 rings (SSSR count). The summed E-state index contributed by atoms with van der Waals surface area (Å²) < 4.78 is 10.2. The molecule has 112 valence electrons. The highest BCUT2D eigenvalue weighted by molar-refractivity contribution is 5.96. The topological polar surface area (TPSA) is 102 Å². The van der Waals surface area contributed by atoms with Gasteiger partial charge in [-0.2, -0.15) is 0 Å². The molecule has 0 aliphatic rings. The lowest BCUT2D eigenvalue weighted by atomic mass is 10.2. The van der Waals surface area contributed by atoms with E-state index in [-0.39, 0.29) is 5.84 Å². The van der Waals surface area contributed by atoms with E-state index in [1.807, 2.05) is 12.1 Å². The summed E-state index contributed by atoms with van der Waals surface area (Å²) in [5.74, 6) is 0.0188. The van der Waals surface area contributed by atoms with E-state index in [1.54, 1.807) is 13.3 Å². The highest BCUT2D eigenvalue weighted by Crippen LogP contribution is 2.04. The van der Waals surface area contributed by atoms with Gasteiger partial charge in [-0.25, -0.2) is 0 Å². The number of pyridine rings is 1. The molecule has 0 fully saturated rings. The van der Waals surface area contributed by atoms with Crippen molar-refractivity contribution in [3.8, 4) is 0 Å². The Hall–Kier alpha value is -1.70. The fraction of sp³-hybridized carbons (Fsp3) is 0.538. The number of amidine groups is 1. The first kappa shape index (κ1) is 16.4. The van der Waals surface area contributed by atoms with Gasteiger partial charge in [0.2, 0.25) is 0 Å². The van der Waals surface area contributed by atoms with E-state index in [0.29, 0.717) is 32.1 Å². The third-order valence-corrected chi connectivity index (χ3v) is 2.63. The summed E-state index contributed by atoms with van der Waals surface area (Å²) in [4.78, 5) is 4.10. The third kappa shape index (κ3) is 5.96. The first-order valence-corrected chi connectivity index (χ1v) is 6.48. The number of hydrogen-bond donors (Lipinski definition) is 3. The minimum atomic E-state index is 0.0188. The van der Waals surface area contributed by atoms with Crippen molar-refractivity contribution in [3.05, 3.63) is 29.6 Å². The molecule has 0 saturated carbocycles. The van der Waals surface area contributed by atoms with Gasteiger partial charge in [0.05, 0.1) is 13.2 Å².